The van der Waals surface area contributed by atoms with Crippen LogP contribution in [0.15, 0.2) is 30.3 Å². The summed E-state index contributed by atoms with van der Waals surface area (Å²) in [5, 5.41) is 0. The Hall–Kier alpha value is -2.02. The number of likely N-dealkylation sites (tertiary alicyclic amines) is 1. The van der Waals surface area contributed by atoms with E-state index in [4.69, 9.17) is 11.3 Å². The highest BCUT2D eigenvalue weighted by Gasteiger charge is 2.28. The minimum Gasteiger partial charge on any atom is -0.445 e. The molecule has 4 nitrogen and oxygen atoms in total. The van der Waals surface area contributed by atoms with Crippen LogP contribution in [0.2, 0.25) is 0 Å². The van der Waals surface area contributed by atoms with Crippen LogP contribution >= 0.6 is 0 Å². The average molecular weight is 244 g/mol. The van der Waals surface area contributed by atoms with E-state index in [1.165, 1.54) is 0 Å². The molecule has 1 atom stereocenters. The Bertz CT molecular complexity index is 439. The van der Waals surface area contributed by atoms with Gasteiger partial charge in [-0.3, -0.25) is 0 Å². The van der Waals surface area contributed by atoms with Gasteiger partial charge in [0, 0.05) is 13.1 Å². The van der Waals surface area contributed by atoms with Crippen molar-refractivity contribution >= 4 is 6.09 Å². The summed E-state index contributed by atoms with van der Waals surface area (Å²) in [4.78, 5) is 16.9. The summed E-state index contributed by atoms with van der Waals surface area (Å²) in [5.41, 5.74) is 0.989. The third-order valence-corrected chi connectivity index (χ3v) is 3.10. The lowest BCUT2D eigenvalue weighted by Crippen LogP contribution is -2.29. The first-order valence-electron chi connectivity index (χ1n) is 6.08. The van der Waals surface area contributed by atoms with E-state index in [1.807, 2.05) is 30.3 Å². The van der Waals surface area contributed by atoms with E-state index < -0.39 is 0 Å². The summed E-state index contributed by atoms with van der Waals surface area (Å²) in [6, 6.07) is 9.63. The zero-order valence-corrected chi connectivity index (χ0v) is 10.2. The number of ether oxygens (including phenoxy) is 1. The van der Waals surface area contributed by atoms with Crippen LogP contribution < -0.4 is 0 Å². The van der Waals surface area contributed by atoms with Gasteiger partial charge in [0.1, 0.15) is 6.61 Å². The van der Waals surface area contributed by atoms with Crippen LogP contribution in [0.4, 0.5) is 4.79 Å². The second kappa shape index (κ2) is 6.06. The Morgan fingerprint density at radius 3 is 2.94 bits per heavy atom. The third kappa shape index (κ3) is 3.24. The van der Waals surface area contributed by atoms with Crippen molar-refractivity contribution in [3.8, 4) is 0 Å². The number of hydrogen-bond donors (Lipinski definition) is 0. The number of amides is 1. The van der Waals surface area contributed by atoms with Crippen molar-refractivity contribution in [2.24, 2.45) is 5.92 Å². The van der Waals surface area contributed by atoms with Crippen LogP contribution in [0.1, 0.15) is 12.0 Å². The fraction of sp³-hybridized carbons (Fsp3) is 0.429. The molecule has 1 unspecified atom stereocenters. The van der Waals surface area contributed by atoms with Gasteiger partial charge in [-0.15, -0.1) is 0 Å². The van der Waals surface area contributed by atoms with Crippen molar-refractivity contribution in [1.29, 1.82) is 0 Å². The highest BCUT2D eigenvalue weighted by molar-refractivity contribution is 5.68. The molecular weight excluding hydrogens is 228 g/mol. The molecule has 1 aromatic rings. The fourth-order valence-electron chi connectivity index (χ4n) is 2.09. The van der Waals surface area contributed by atoms with Gasteiger partial charge >= 0.3 is 6.09 Å². The maximum Gasteiger partial charge on any atom is 0.410 e. The van der Waals surface area contributed by atoms with Crippen LogP contribution in [0.3, 0.4) is 0 Å². The molecule has 94 valence electrons. The molecule has 1 amide bonds. The van der Waals surface area contributed by atoms with Crippen molar-refractivity contribution in [3.05, 3.63) is 47.3 Å². The number of hydrogen-bond acceptors (Lipinski definition) is 2. The monoisotopic (exact) mass is 244 g/mol. The quantitative estimate of drug-likeness (QED) is 0.766. The number of rotatable bonds is 3. The van der Waals surface area contributed by atoms with Crippen molar-refractivity contribution in [2.45, 2.75) is 13.0 Å². The number of carbonyl (C=O) groups is 1. The van der Waals surface area contributed by atoms with Gasteiger partial charge in [0.25, 0.3) is 0 Å². The van der Waals surface area contributed by atoms with Gasteiger partial charge in [-0.1, -0.05) is 30.3 Å². The molecule has 0 bridgehead atoms. The summed E-state index contributed by atoms with van der Waals surface area (Å²) in [6.07, 6.45) is 0.634. The Labute approximate surface area is 107 Å². The Kier molecular flexibility index (Phi) is 4.19. The topological polar surface area (TPSA) is 33.9 Å². The Morgan fingerprint density at radius 2 is 2.22 bits per heavy atom. The first-order valence-corrected chi connectivity index (χ1v) is 6.08. The van der Waals surface area contributed by atoms with Crippen molar-refractivity contribution in [3.63, 3.8) is 0 Å². The number of nitrogens with zero attached hydrogens (tertiary/aromatic N) is 2. The van der Waals surface area contributed by atoms with E-state index in [-0.39, 0.29) is 6.09 Å². The third-order valence-electron chi connectivity index (χ3n) is 3.10. The van der Waals surface area contributed by atoms with Crippen LogP contribution in [0.25, 0.3) is 4.85 Å². The lowest BCUT2D eigenvalue weighted by Gasteiger charge is -2.15. The predicted octanol–water partition coefficient (Wildman–Crippen LogP) is 2.56. The molecule has 0 aliphatic carbocycles. The summed E-state index contributed by atoms with van der Waals surface area (Å²) < 4.78 is 5.25. The van der Waals surface area contributed by atoms with E-state index in [2.05, 4.69) is 4.85 Å². The van der Waals surface area contributed by atoms with Crippen LogP contribution in [0.5, 0.6) is 0 Å². The average Bonchev–Trinajstić information content (AvgIpc) is 2.86. The molecule has 0 aromatic heterocycles. The zero-order valence-electron chi connectivity index (χ0n) is 10.2. The molecule has 1 aliphatic rings. The Morgan fingerprint density at radius 1 is 1.44 bits per heavy atom. The van der Waals surface area contributed by atoms with Crippen LogP contribution in [0, 0.1) is 12.5 Å². The maximum absolute atomic E-state index is 11.8. The van der Waals surface area contributed by atoms with Gasteiger partial charge in [0.2, 0.25) is 6.54 Å². The summed E-state index contributed by atoms with van der Waals surface area (Å²) >= 11 is 0. The van der Waals surface area contributed by atoms with Crippen LogP contribution in [-0.4, -0.2) is 30.6 Å². The molecule has 2 rings (SSSR count). The molecule has 1 heterocycles. The second-order valence-electron chi connectivity index (χ2n) is 4.48. The normalized spacial score (nSPS) is 18.4. The fourth-order valence-corrected chi connectivity index (χ4v) is 2.09. The van der Waals surface area contributed by atoms with Gasteiger partial charge in [0.15, 0.2) is 0 Å². The Balaban J connectivity index is 1.78. The smallest absolute Gasteiger partial charge is 0.410 e. The van der Waals surface area contributed by atoms with Gasteiger partial charge in [-0.25, -0.2) is 11.4 Å². The lowest BCUT2D eigenvalue weighted by molar-refractivity contribution is 0.103. The van der Waals surface area contributed by atoms with Crippen molar-refractivity contribution < 1.29 is 9.53 Å². The molecule has 0 radical (unpaired) electrons. The van der Waals surface area contributed by atoms with E-state index in [9.17, 15) is 4.79 Å². The van der Waals surface area contributed by atoms with Crippen LogP contribution in [-0.2, 0) is 11.3 Å². The largest absolute Gasteiger partial charge is 0.445 e. The van der Waals surface area contributed by atoms with E-state index in [0.717, 1.165) is 12.0 Å². The molecule has 1 aliphatic heterocycles. The highest BCUT2D eigenvalue weighted by Crippen LogP contribution is 2.17. The van der Waals surface area contributed by atoms with Crippen molar-refractivity contribution in [2.75, 3.05) is 19.6 Å². The van der Waals surface area contributed by atoms with Crippen molar-refractivity contribution in [1.82, 2.24) is 4.90 Å². The minimum absolute atomic E-state index is 0.272. The summed E-state index contributed by atoms with van der Waals surface area (Å²) in [5.74, 6) is 0.312. The first kappa shape index (κ1) is 12.4. The SMILES string of the molecule is [C-]#[N+]CC1CCN(C(=O)OCc2ccccc2)C1. The molecule has 4 heteroatoms. The van der Waals surface area contributed by atoms with E-state index in [1.54, 1.807) is 4.90 Å². The molecule has 18 heavy (non-hydrogen) atoms. The highest BCUT2D eigenvalue weighted by atomic mass is 16.6. The maximum atomic E-state index is 11.8. The summed E-state index contributed by atoms with van der Waals surface area (Å²) in [6.45, 7) is 8.99. The zero-order chi connectivity index (χ0) is 12.8. The molecule has 0 saturated carbocycles. The number of benzene rings is 1. The number of carbonyl (C=O) groups excluding carboxylic acids is 1. The van der Waals surface area contributed by atoms with Gasteiger partial charge in [0.05, 0.1) is 5.92 Å². The van der Waals surface area contributed by atoms with Gasteiger partial charge < -0.3 is 14.5 Å². The predicted molar refractivity (Wildman–Crippen MR) is 67.8 cm³/mol. The van der Waals surface area contributed by atoms with Gasteiger partial charge in [-0.2, -0.15) is 0 Å². The standard InChI is InChI=1S/C14H16N2O2/c1-15-9-13-7-8-16(10-13)14(17)18-11-12-5-3-2-4-6-12/h2-6,13H,7-11H2. The van der Waals surface area contributed by atoms with E-state index in [0.29, 0.717) is 32.2 Å². The molecule has 0 N–H and O–H groups in total. The molecule has 1 saturated heterocycles. The molecule has 1 aromatic carbocycles. The minimum atomic E-state index is -0.272. The summed E-state index contributed by atoms with van der Waals surface area (Å²) in [7, 11) is 0. The second-order valence-corrected chi connectivity index (χ2v) is 4.48. The molecular formula is C14H16N2O2. The van der Waals surface area contributed by atoms with Gasteiger partial charge in [-0.05, 0) is 12.0 Å². The lowest BCUT2D eigenvalue weighted by atomic mass is 10.1. The van der Waals surface area contributed by atoms with E-state index >= 15 is 0 Å². The molecule has 1 fully saturated rings. The first-order chi connectivity index (χ1) is 8.79. The molecule has 0 spiro atoms.